The minimum Gasteiger partial charge on any atom is -0.495 e. The van der Waals surface area contributed by atoms with E-state index in [0.29, 0.717) is 11.4 Å². The van der Waals surface area contributed by atoms with Gasteiger partial charge in [0, 0.05) is 12.3 Å². The zero-order chi connectivity index (χ0) is 14.0. The predicted octanol–water partition coefficient (Wildman–Crippen LogP) is 1.36. The van der Waals surface area contributed by atoms with Crippen LogP contribution in [-0.4, -0.2) is 33.2 Å². The molecule has 0 unspecified atom stereocenters. The maximum Gasteiger partial charge on any atom is 0.224 e. The summed E-state index contributed by atoms with van der Waals surface area (Å²) in [6, 6.07) is 6.55. The second-order valence-electron chi connectivity index (χ2n) is 4.29. The van der Waals surface area contributed by atoms with E-state index >= 15 is 0 Å². The van der Waals surface area contributed by atoms with Crippen molar-refractivity contribution in [3.05, 3.63) is 35.7 Å². The number of hydrogen-bond acceptors (Lipinski definition) is 4. The number of sulfone groups is 1. The fourth-order valence-electron chi connectivity index (χ4n) is 2.13. The average Bonchev–Trinajstić information content (AvgIpc) is 2.70. The zero-order valence-electron chi connectivity index (χ0n) is 10.7. The van der Waals surface area contributed by atoms with Gasteiger partial charge < -0.3 is 9.64 Å². The molecule has 0 saturated heterocycles. The second kappa shape index (κ2) is 5.05. The third-order valence-electron chi connectivity index (χ3n) is 2.93. The van der Waals surface area contributed by atoms with Gasteiger partial charge in [0.15, 0.2) is 9.84 Å². The molecule has 1 aliphatic heterocycles. The van der Waals surface area contributed by atoms with E-state index in [2.05, 4.69) is 0 Å². The minimum absolute atomic E-state index is 0.0926. The molecule has 0 fully saturated rings. The van der Waals surface area contributed by atoms with Gasteiger partial charge in [0.05, 0.1) is 24.6 Å². The van der Waals surface area contributed by atoms with Crippen LogP contribution in [0.4, 0.5) is 5.69 Å². The van der Waals surface area contributed by atoms with Crippen LogP contribution in [0.1, 0.15) is 6.92 Å². The summed E-state index contributed by atoms with van der Waals surface area (Å²) in [5.74, 6) is 0.219. The number of methoxy groups -OCH3 is 1. The van der Waals surface area contributed by atoms with Gasteiger partial charge in [0.1, 0.15) is 5.75 Å². The van der Waals surface area contributed by atoms with Crippen LogP contribution in [0.15, 0.2) is 35.7 Å². The number of amides is 1. The highest BCUT2D eigenvalue weighted by Crippen LogP contribution is 2.31. The Balaban J connectivity index is 2.42. The van der Waals surface area contributed by atoms with Crippen molar-refractivity contribution < 1.29 is 17.9 Å². The molecule has 1 aromatic rings. The van der Waals surface area contributed by atoms with Gasteiger partial charge in [0.25, 0.3) is 0 Å². The monoisotopic (exact) mass is 281 g/mol. The summed E-state index contributed by atoms with van der Waals surface area (Å²) in [6.45, 7) is 1.41. The number of hydrogen-bond donors (Lipinski definition) is 0. The van der Waals surface area contributed by atoms with Crippen molar-refractivity contribution in [2.24, 2.45) is 0 Å². The minimum atomic E-state index is -3.22. The molecule has 19 heavy (non-hydrogen) atoms. The number of anilines is 1. The first-order valence-electron chi connectivity index (χ1n) is 5.78. The molecule has 1 heterocycles. The number of rotatable bonds is 3. The zero-order valence-corrected chi connectivity index (χ0v) is 11.6. The van der Waals surface area contributed by atoms with Crippen LogP contribution in [0.5, 0.6) is 5.75 Å². The van der Waals surface area contributed by atoms with Gasteiger partial charge in [0.2, 0.25) is 5.91 Å². The van der Waals surface area contributed by atoms with Crippen LogP contribution in [0.25, 0.3) is 0 Å². The molecule has 1 amide bonds. The van der Waals surface area contributed by atoms with Crippen molar-refractivity contribution in [2.45, 2.75) is 13.0 Å². The van der Waals surface area contributed by atoms with Crippen LogP contribution in [-0.2, 0) is 14.6 Å². The lowest BCUT2D eigenvalue weighted by atomic mass is 10.2. The van der Waals surface area contributed by atoms with Gasteiger partial charge in [-0.15, -0.1) is 0 Å². The molecule has 1 aliphatic rings. The van der Waals surface area contributed by atoms with Crippen LogP contribution in [0, 0.1) is 0 Å². The Morgan fingerprint density at radius 3 is 2.58 bits per heavy atom. The van der Waals surface area contributed by atoms with Crippen molar-refractivity contribution in [2.75, 3.05) is 17.8 Å². The number of carbonyl (C=O) groups excluding carboxylic acids is 1. The molecule has 0 spiro atoms. The maximum absolute atomic E-state index is 11.9. The molecule has 1 aromatic carbocycles. The first-order chi connectivity index (χ1) is 8.94. The fraction of sp³-hybridized carbons (Fsp3) is 0.308. The maximum atomic E-state index is 11.9. The van der Waals surface area contributed by atoms with Crippen molar-refractivity contribution >= 4 is 21.4 Å². The third-order valence-corrected chi connectivity index (χ3v) is 4.30. The average molecular weight is 281 g/mol. The summed E-state index contributed by atoms with van der Waals surface area (Å²) in [5.41, 5.74) is 0.573. The molecule has 0 aliphatic carbocycles. The molecule has 0 radical (unpaired) electrons. The smallest absolute Gasteiger partial charge is 0.224 e. The number of carbonyl (C=O) groups is 1. The molecule has 6 heteroatoms. The summed E-state index contributed by atoms with van der Waals surface area (Å²) in [7, 11) is -1.70. The topological polar surface area (TPSA) is 63.7 Å². The van der Waals surface area contributed by atoms with Crippen LogP contribution >= 0.6 is 0 Å². The molecule has 1 atom stereocenters. The Morgan fingerprint density at radius 1 is 1.37 bits per heavy atom. The SMILES string of the molecule is COc1ccccc1N(C(C)=O)[C@@H]1C=CS(=O)(=O)C1. The first-order valence-corrected chi connectivity index (χ1v) is 7.50. The molecule has 0 saturated carbocycles. The third kappa shape index (κ3) is 2.78. The number of benzene rings is 1. The summed E-state index contributed by atoms with van der Waals surface area (Å²) < 4.78 is 28.2. The summed E-state index contributed by atoms with van der Waals surface area (Å²) in [4.78, 5) is 13.3. The largest absolute Gasteiger partial charge is 0.495 e. The summed E-state index contributed by atoms with van der Waals surface area (Å²) in [6.07, 6.45) is 1.53. The molecular weight excluding hydrogens is 266 g/mol. The molecule has 0 bridgehead atoms. The molecule has 0 N–H and O–H groups in total. The Bertz CT molecular complexity index is 621. The number of ether oxygens (including phenoxy) is 1. The highest BCUT2D eigenvalue weighted by molar-refractivity contribution is 7.94. The van der Waals surface area contributed by atoms with Gasteiger partial charge in [-0.05, 0) is 18.2 Å². The van der Waals surface area contributed by atoms with Crippen molar-refractivity contribution in [1.29, 1.82) is 0 Å². The molecule has 5 nitrogen and oxygen atoms in total. The van der Waals surface area contributed by atoms with Crippen LogP contribution in [0.2, 0.25) is 0 Å². The quantitative estimate of drug-likeness (QED) is 0.839. The van der Waals surface area contributed by atoms with E-state index in [4.69, 9.17) is 4.74 Å². The standard InChI is InChI=1S/C13H15NO4S/c1-10(15)14(11-7-8-19(16,17)9-11)12-5-3-4-6-13(12)18-2/h3-8,11H,9H2,1-2H3/t11-/m1/s1. The van der Waals surface area contributed by atoms with E-state index in [-0.39, 0.29) is 11.7 Å². The Hall–Kier alpha value is -1.82. The second-order valence-corrected chi connectivity index (χ2v) is 6.22. The van der Waals surface area contributed by atoms with E-state index in [1.54, 1.807) is 24.3 Å². The van der Waals surface area contributed by atoms with Gasteiger partial charge in [-0.25, -0.2) is 8.42 Å². The van der Waals surface area contributed by atoms with E-state index in [1.807, 2.05) is 0 Å². The Morgan fingerprint density at radius 2 is 2.05 bits per heavy atom. The molecular formula is C13H15NO4S. The van der Waals surface area contributed by atoms with Gasteiger partial charge >= 0.3 is 0 Å². The lowest BCUT2D eigenvalue weighted by Gasteiger charge is -2.27. The highest BCUT2D eigenvalue weighted by atomic mass is 32.2. The van der Waals surface area contributed by atoms with E-state index in [9.17, 15) is 13.2 Å². The predicted molar refractivity (Wildman–Crippen MR) is 72.9 cm³/mol. The van der Waals surface area contributed by atoms with Crippen LogP contribution in [0.3, 0.4) is 0 Å². The lowest BCUT2D eigenvalue weighted by Crippen LogP contribution is -2.40. The van der Waals surface area contributed by atoms with E-state index in [1.165, 1.54) is 25.0 Å². The van der Waals surface area contributed by atoms with Gasteiger partial charge in [-0.1, -0.05) is 12.1 Å². The molecule has 0 aromatic heterocycles. The number of nitrogens with zero attached hydrogens (tertiary/aromatic N) is 1. The first kappa shape index (κ1) is 13.6. The lowest BCUT2D eigenvalue weighted by molar-refractivity contribution is -0.116. The van der Waals surface area contributed by atoms with Gasteiger partial charge in [-0.2, -0.15) is 0 Å². The number of para-hydroxylation sites is 2. The van der Waals surface area contributed by atoms with E-state index in [0.717, 1.165) is 5.41 Å². The molecule has 102 valence electrons. The van der Waals surface area contributed by atoms with Crippen molar-refractivity contribution in [1.82, 2.24) is 0 Å². The summed E-state index contributed by atoms with van der Waals surface area (Å²) in [5, 5.41) is 1.16. The Labute approximate surface area is 112 Å². The van der Waals surface area contributed by atoms with Crippen molar-refractivity contribution in [3.8, 4) is 5.75 Å². The normalized spacial score (nSPS) is 20.2. The van der Waals surface area contributed by atoms with Gasteiger partial charge in [-0.3, -0.25) is 4.79 Å². The van der Waals surface area contributed by atoms with Crippen molar-refractivity contribution in [3.63, 3.8) is 0 Å². The Kier molecular flexibility index (Phi) is 3.61. The summed E-state index contributed by atoms with van der Waals surface area (Å²) >= 11 is 0. The fourth-order valence-corrected chi connectivity index (χ4v) is 3.40. The van der Waals surface area contributed by atoms with E-state index < -0.39 is 15.9 Å². The molecule has 2 rings (SSSR count). The highest BCUT2D eigenvalue weighted by Gasteiger charge is 2.31. The van der Waals surface area contributed by atoms with Crippen LogP contribution < -0.4 is 9.64 Å².